The van der Waals surface area contributed by atoms with Crippen LogP contribution in [0.3, 0.4) is 0 Å². The number of carbonyl (C=O) groups excluding carboxylic acids is 3. The van der Waals surface area contributed by atoms with E-state index in [0.717, 1.165) is 16.7 Å². The third-order valence-corrected chi connectivity index (χ3v) is 4.09. The van der Waals surface area contributed by atoms with E-state index in [2.05, 4.69) is 0 Å². The van der Waals surface area contributed by atoms with Gasteiger partial charge in [-0.3, -0.25) is 14.5 Å². The number of nitrogens with zero attached hydrogens (tertiary/aromatic N) is 1. The van der Waals surface area contributed by atoms with Gasteiger partial charge in [0.15, 0.2) is 11.5 Å². The molecule has 8 heteroatoms. The van der Waals surface area contributed by atoms with Crippen molar-refractivity contribution in [2.24, 2.45) is 0 Å². The number of hydrogen-bond acceptors (Lipinski definition) is 7. The maximum atomic E-state index is 12.0. The molecule has 122 valence electrons. The Balaban J connectivity index is 2.44. The molecule has 1 aromatic rings. The third-order valence-electron chi connectivity index (χ3n) is 3.13. The van der Waals surface area contributed by atoms with Gasteiger partial charge in [-0.25, -0.2) is 0 Å². The Hall–Kier alpha value is -2.48. The maximum absolute atomic E-state index is 12.0. The van der Waals surface area contributed by atoms with Crippen LogP contribution in [0.1, 0.15) is 12.5 Å². The molecule has 0 spiro atoms. The predicted molar refractivity (Wildman–Crippen MR) is 81.8 cm³/mol. The minimum Gasteiger partial charge on any atom is -0.546 e. The number of imide groups is 1. The topological polar surface area (TPSA) is 96.0 Å². The van der Waals surface area contributed by atoms with E-state index < -0.39 is 18.0 Å². The first-order chi connectivity index (χ1) is 10.8. The molecule has 0 saturated carbocycles. The highest BCUT2D eigenvalue weighted by molar-refractivity contribution is 8.18. The summed E-state index contributed by atoms with van der Waals surface area (Å²) < 4.78 is 10.5. The van der Waals surface area contributed by atoms with Crippen LogP contribution < -0.4 is 14.6 Å². The van der Waals surface area contributed by atoms with Gasteiger partial charge >= 0.3 is 0 Å². The van der Waals surface area contributed by atoms with E-state index in [1.807, 2.05) is 0 Å². The lowest BCUT2D eigenvalue weighted by atomic mass is 10.1. The first-order valence-electron chi connectivity index (χ1n) is 6.61. The quantitative estimate of drug-likeness (QED) is 0.736. The van der Waals surface area contributed by atoms with Crippen LogP contribution in [0.5, 0.6) is 11.5 Å². The zero-order valence-electron chi connectivity index (χ0n) is 12.7. The van der Waals surface area contributed by atoms with Gasteiger partial charge in [-0.2, -0.15) is 0 Å². The summed E-state index contributed by atoms with van der Waals surface area (Å²) in [6, 6.07) is 4.89. The van der Waals surface area contributed by atoms with Crippen LogP contribution in [-0.2, 0) is 9.59 Å². The lowest BCUT2D eigenvalue weighted by molar-refractivity contribution is -0.312. The van der Waals surface area contributed by atoms with Gasteiger partial charge in [0, 0.05) is 12.6 Å². The molecule has 2 amide bonds. The Morgan fingerprint density at radius 3 is 2.61 bits per heavy atom. The Labute approximate surface area is 136 Å². The molecule has 1 fully saturated rings. The second-order valence-corrected chi connectivity index (χ2v) is 5.69. The molecule has 1 aromatic carbocycles. The number of methoxy groups -OCH3 is 1. The molecule has 1 saturated heterocycles. The summed E-state index contributed by atoms with van der Waals surface area (Å²) in [5.74, 6) is -1.34. The van der Waals surface area contributed by atoms with Gasteiger partial charge in [0.25, 0.3) is 11.1 Å². The van der Waals surface area contributed by atoms with Gasteiger partial charge in [-0.05, 0) is 30.8 Å². The van der Waals surface area contributed by atoms with Gasteiger partial charge in [0.1, 0.15) is 6.10 Å². The van der Waals surface area contributed by atoms with Crippen molar-refractivity contribution < 1.29 is 29.0 Å². The molecule has 2 rings (SSSR count). The van der Waals surface area contributed by atoms with E-state index in [4.69, 9.17) is 9.47 Å². The first kappa shape index (κ1) is 16.9. The lowest BCUT2D eigenvalue weighted by Gasteiger charge is -2.19. The first-order valence-corrected chi connectivity index (χ1v) is 7.43. The minimum absolute atomic E-state index is 0.162. The molecular weight excluding hydrogens is 322 g/mol. The average molecular weight is 336 g/mol. The van der Waals surface area contributed by atoms with E-state index in [1.165, 1.54) is 27.2 Å². The monoisotopic (exact) mass is 336 g/mol. The number of amides is 2. The van der Waals surface area contributed by atoms with Crippen molar-refractivity contribution in [1.82, 2.24) is 4.90 Å². The highest BCUT2D eigenvalue weighted by Crippen LogP contribution is 2.37. The fourth-order valence-corrected chi connectivity index (χ4v) is 2.66. The van der Waals surface area contributed by atoms with Crippen molar-refractivity contribution in [3.8, 4) is 11.5 Å². The van der Waals surface area contributed by atoms with Crippen LogP contribution >= 0.6 is 11.8 Å². The Morgan fingerprint density at radius 1 is 1.39 bits per heavy atom. The molecular formula is C15H14NO6S-. The molecule has 1 heterocycles. The van der Waals surface area contributed by atoms with Crippen LogP contribution in [-0.4, -0.2) is 42.3 Å². The Bertz CT molecular complexity index is 699. The van der Waals surface area contributed by atoms with Gasteiger partial charge in [0.2, 0.25) is 0 Å². The number of carboxylic acids is 1. The number of rotatable bonds is 5. The van der Waals surface area contributed by atoms with E-state index in [9.17, 15) is 19.5 Å². The number of benzene rings is 1. The second kappa shape index (κ2) is 6.74. The molecule has 0 aliphatic carbocycles. The maximum Gasteiger partial charge on any atom is 0.293 e. The van der Waals surface area contributed by atoms with Crippen LogP contribution in [0.2, 0.25) is 0 Å². The number of thioether (sulfide) groups is 1. The molecule has 1 aliphatic rings. The van der Waals surface area contributed by atoms with Crippen LogP contribution in [0.15, 0.2) is 23.1 Å². The molecule has 0 N–H and O–H groups in total. The van der Waals surface area contributed by atoms with E-state index in [0.29, 0.717) is 11.3 Å². The van der Waals surface area contributed by atoms with Crippen molar-refractivity contribution in [3.05, 3.63) is 28.7 Å². The van der Waals surface area contributed by atoms with Gasteiger partial charge < -0.3 is 19.4 Å². The minimum atomic E-state index is -1.38. The van der Waals surface area contributed by atoms with Crippen LogP contribution in [0.4, 0.5) is 4.79 Å². The number of ether oxygens (including phenoxy) is 2. The summed E-state index contributed by atoms with van der Waals surface area (Å²) >= 11 is 0.797. The largest absolute Gasteiger partial charge is 0.546 e. The van der Waals surface area contributed by atoms with Gasteiger partial charge in [-0.15, -0.1) is 0 Å². The number of carbonyl (C=O) groups is 3. The summed E-state index contributed by atoms with van der Waals surface area (Å²) in [6.45, 7) is 1.32. The molecule has 0 aromatic heterocycles. The van der Waals surface area contributed by atoms with E-state index in [-0.39, 0.29) is 15.9 Å². The smallest absolute Gasteiger partial charge is 0.293 e. The Kier molecular flexibility index (Phi) is 4.95. The number of aliphatic carboxylic acids is 1. The SMILES string of the molecule is COc1cccc(/C=C2/SC(=O)N(C)C2=O)c1O[C@H](C)C(=O)[O-]. The van der Waals surface area contributed by atoms with Crippen LogP contribution in [0.25, 0.3) is 6.08 Å². The molecule has 7 nitrogen and oxygen atoms in total. The highest BCUT2D eigenvalue weighted by Gasteiger charge is 2.32. The second-order valence-electron chi connectivity index (χ2n) is 4.70. The standard InChI is InChI=1S/C15H15NO6S/c1-8(14(18)19)22-12-9(5-4-6-10(12)21-3)7-11-13(17)16(2)15(20)23-11/h4-8H,1-3H3,(H,18,19)/p-1/b11-7+/t8-/m1/s1. The zero-order chi connectivity index (χ0) is 17.1. The van der Waals surface area contributed by atoms with E-state index in [1.54, 1.807) is 18.2 Å². The summed E-state index contributed by atoms with van der Waals surface area (Å²) in [4.78, 5) is 35.6. The summed E-state index contributed by atoms with van der Waals surface area (Å²) in [5.41, 5.74) is 0.427. The van der Waals surface area contributed by atoms with Gasteiger partial charge in [-0.1, -0.05) is 12.1 Å². The third kappa shape index (κ3) is 3.48. The number of para-hydroxylation sites is 1. The van der Waals surface area contributed by atoms with Crippen molar-refractivity contribution in [3.63, 3.8) is 0 Å². The summed E-state index contributed by atoms with van der Waals surface area (Å²) in [5, 5.41) is 10.5. The highest BCUT2D eigenvalue weighted by atomic mass is 32.2. The summed E-state index contributed by atoms with van der Waals surface area (Å²) in [6.07, 6.45) is 0.258. The average Bonchev–Trinajstić information content (AvgIpc) is 2.75. The van der Waals surface area contributed by atoms with Crippen molar-refractivity contribution in [2.45, 2.75) is 13.0 Å². The molecule has 23 heavy (non-hydrogen) atoms. The molecule has 0 radical (unpaired) electrons. The fraction of sp³-hybridized carbons (Fsp3) is 0.267. The molecule has 0 bridgehead atoms. The predicted octanol–water partition coefficient (Wildman–Crippen LogP) is 0.878. The van der Waals surface area contributed by atoms with Crippen molar-refractivity contribution in [1.29, 1.82) is 0 Å². The fourth-order valence-electron chi connectivity index (χ4n) is 1.85. The normalized spacial score (nSPS) is 17.5. The molecule has 1 aliphatic heterocycles. The van der Waals surface area contributed by atoms with Crippen molar-refractivity contribution in [2.75, 3.05) is 14.2 Å². The Morgan fingerprint density at radius 2 is 2.09 bits per heavy atom. The number of carboxylic acid groups (broad SMARTS) is 1. The lowest BCUT2D eigenvalue weighted by Crippen LogP contribution is -2.37. The molecule has 0 unspecified atom stereocenters. The van der Waals surface area contributed by atoms with Crippen LogP contribution in [0, 0.1) is 0 Å². The zero-order valence-corrected chi connectivity index (χ0v) is 13.5. The van der Waals surface area contributed by atoms with Gasteiger partial charge in [0.05, 0.1) is 18.0 Å². The summed E-state index contributed by atoms with van der Waals surface area (Å²) in [7, 11) is 2.80. The molecule has 1 atom stereocenters. The number of likely N-dealkylation sites (N-methyl/N-ethyl adjacent to an activating group) is 1. The van der Waals surface area contributed by atoms with E-state index >= 15 is 0 Å². The number of hydrogen-bond donors (Lipinski definition) is 0. The van der Waals surface area contributed by atoms with Crippen molar-refractivity contribution >= 4 is 35.0 Å².